The average molecular weight is 284 g/mol. The fourth-order valence-electron chi connectivity index (χ4n) is 1.74. The molecule has 1 rings (SSSR count). The van der Waals surface area contributed by atoms with Gasteiger partial charge < -0.3 is 9.64 Å². The van der Waals surface area contributed by atoms with Crippen LogP contribution in [0.3, 0.4) is 0 Å². The van der Waals surface area contributed by atoms with Gasteiger partial charge in [-0.25, -0.2) is 4.79 Å². The Morgan fingerprint density at radius 3 is 2.44 bits per heavy atom. The number of carbonyl (C=O) groups excluding carboxylic acids is 1. The molecule has 1 fully saturated rings. The number of thiocarbonyl (C=S) groups is 1. The van der Waals surface area contributed by atoms with Gasteiger partial charge in [0.1, 0.15) is 0 Å². The van der Waals surface area contributed by atoms with Crippen molar-refractivity contribution in [1.29, 1.82) is 0 Å². The Morgan fingerprint density at radius 2 is 2.00 bits per heavy atom. The number of piperidine rings is 1. The van der Waals surface area contributed by atoms with Crippen molar-refractivity contribution < 1.29 is 22.7 Å². The molecular formula is C10H15F3N2O2S. The lowest BCUT2D eigenvalue weighted by Crippen LogP contribution is -2.48. The minimum atomic E-state index is -4.15. The van der Waals surface area contributed by atoms with Gasteiger partial charge in [-0.15, -0.1) is 0 Å². The molecule has 8 heteroatoms. The van der Waals surface area contributed by atoms with E-state index in [1.807, 2.05) is 0 Å². The molecule has 104 valence electrons. The topological polar surface area (TPSA) is 41.6 Å². The fraction of sp³-hybridized carbons (Fsp3) is 0.800. The van der Waals surface area contributed by atoms with Crippen LogP contribution in [0.25, 0.3) is 0 Å². The van der Waals surface area contributed by atoms with E-state index < -0.39 is 18.2 Å². The third-order valence-corrected chi connectivity index (χ3v) is 3.09. The maximum absolute atomic E-state index is 12.4. The molecule has 0 spiro atoms. The Hall–Kier alpha value is -1.05. The van der Waals surface area contributed by atoms with Crippen LogP contribution in [0.4, 0.5) is 18.0 Å². The van der Waals surface area contributed by atoms with Crippen molar-refractivity contribution in [3.63, 3.8) is 0 Å². The van der Waals surface area contributed by atoms with E-state index in [2.05, 4.69) is 10.1 Å². The monoisotopic (exact) mass is 284 g/mol. The first kappa shape index (κ1) is 15.0. The lowest BCUT2D eigenvalue weighted by molar-refractivity contribution is -0.183. The molecule has 0 radical (unpaired) electrons. The summed E-state index contributed by atoms with van der Waals surface area (Å²) >= 11 is 4.93. The molecule has 0 aromatic carbocycles. The highest BCUT2D eigenvalue weighted by Gasteiger charge is 2.41. The highest BCUT2D eigenvalue weighted by molar-refractivity contribution is 7.80. The third-order valence-electron chi connectivity index (χ3n) is 2.73. The SMILES string of the molecule is CCOC(=O)NC(=S)N1CCC(C(F)(F)F)CC1. The van der Waals surface area contributed by atoms with Crippen LogP contribution in [-0.4, -0.2) is 42.0 Å². The van der Waals surface area contributed by atoms with E-state index in [1.165, 1.54) is 0 Å². The molecule has 0 aliphatic carbocycles. The molecule has 1 heterocycles. The van der Waals surface area contributed by atoms with Crippen molar-refractivity contribution >= 4 is 23.4 Å². The molecule has 1 amide bonds. The molecule has 0 aromatic heterocycles. The van der Waals surface area contributed by atoms with Crippen molar-refractivity contribution in [2.45, 2.75) is 25.9 Å². The zero-order valence-corrected chi connectivity index (χ0v) is 10.7. The van der Waals surface area contributed by atoms with E-state index in [0.29, 0.717) is 0 Å². The van der Waals surface area contributed by atoms with Crippen molar-refractivity contribution in [3.05, 3.63) is 0 Å². The summed E-state index contributed by atoms with van der Waals surface area (Å²) < 4.78 is 42.0. The quantitative estimate of drug-likeness (QED) is 0.750. The standard InChI is InChI=1S/C10H15F3N2O2S/c1-2-17-9(16)14-8(18)15-5-3-7(4-6-15)10(11,12)13/h7H,2-6H2,1H3,(H,14,16,18). The number of rotatable bonds is 1. The number of carbonyl (C=O) groups is 1. The number of halogens is 3. The number of alkyl halides is 3. The predicted octanol–water partition coefficient (Wildman–Crippen LogP) is 2.29. The Morgan fingerprint density at radius 1 is 1.44 bits per heavy atom. The summed E-state index contributed by atoms with van der Waals surface area (Å²) in [6.45, 7) is 2.24. The summed E-state index contributed by atoms with van der Waals surface area (Å²) in [6.07, 6.45) is -4.84. The molecule has 0 unspecified atom stereocenters. The molecule has 18 heavy (non-hydrogen) atoms. The molecule has 1 aliphatic heterocycles. The first-order valence-corrected chi connectivity index (χ1v) is 6.04. The van der Waals surface area contributed by atoms with Crippen LogP contribution in [0.2, 0.25) is 0 Å². The fourth-order valence-corrected chi connectivity index (χ4v) is 2.01. The van der Waals surface area contributed by atoms with Gasteiger partial charge in [0.15, 0.2) is 5.11 Å². The molecule has 0 atom stereocenters. The van der Waals surface area contributed by atoms with Crippen molar-refractivity contribution in [2.75, 3.05) is 19.7 Å². The van der Waals surface area contributed by atoms with Crippen molar-refractivity contribution in [2.24, 2.45) is 5.92 Å². The van der Waals surface area contributed by atoms with Gasteiger partial charge >= 0.3 is 12.3 Å². The number of hydrogen-bond donors (Lipinski definition) is 1. The van der Waals surface area contributed by atoms with Crippen molar-refractivity contribution in [3.8, 4) is 0 Å². The molecule has 1 saturated heterocycles. The van der Waals surface area contributed by atoms with E-state index in [0.717, 1.165) is 0 Å². The number of nitrogens with one attached hydrogen (secondary N) is 1. The van der Waals surface area contributed by atoms with Crippen LogP contribution in [0, 0.1) is 5.92 Å². The van der Waals surface area contributed by atoms with Gasteiger partial charge in [0.2, 0.25) is 0 Å². The number of alkyl carbamates (subject to hydrolysis) is 1. The Kier molecular flexibility index (Phi) is 5.18. The van der Waals surface area contributed by atoms with Crippen LogP contribution in [0.1, 0.15) is 19.8 Å². The summed E-state index contributed by atoms with van der Waals surface area (Å²) in [4.78, 5) is 12.6. The highest BCUT2D eigenvalue weighted by Crippen LogP contribution is 2.33. The second-order valence-corrected chi connectivity index (χ2v) is 4.34. The van der Waals surface area contributed by atoms with E-state index in [-0.39, 0.29) is 37.7 Å². The van der Waals surface area contributed by atoms with Crippen molar-refractivity contribution in [1.82, 2.24) is 10.2 Å². The largest absolute Gasteiger partial charge is 0.450 e. The minimum Gasteiger partial charge on any atom is -0.450 e. The Balaban J connectivity index is 2.39. The Bertz CT molecular complexity index is 315. The molecule has 0 bridgehead atoms. The minimum absolute atomic E-state index is 0.00581. The van der Waals surface area contributed by atoms with Crippen LogP contribution in [-0.2, 0) is 4.74 Å². The van der Waals surface area contributed by atoms with Gasteiger partial charge in [0.05, 0.1) is 12.5 Å². The zero-order chi connectivity index (χ0) is 13.8. The van der Waals surface area contributed by atoms with Gasteiger partial charge in [-0.2, -0.15) is 13.2 Å². The third kappa shape index (κ3) is 4.32. The highest BCUT2D eigenvalue weighted by atomic mass is 32.1. The maximum atomic E-state index is 12.4. The predicted molar refractivity (Wildman–Crippen MR) is 63.1 cm³/mol. The second-order valence-electron chi connectivity index (χ2n) is 3.95. The lowest BCUT2D eigenvalue weighted by atomic mass is 9.97. The molecular weight excluding hydrogens is 269 g/mol. The number of likely N-dealkylation sites (tertiary alicyclic amines) is 1. The van der Waals surface area contributed by atoms with Crippen LogP contribution in [0.5, 0.6) is 0 Å². The Labute approximate surface area is 108 Å². The maximum Gasteiger partial charge on any atom is 0.413 e. The van der Waals surface area contributed by atoms with E-state index >= 15 is 0 Å². The number of amides is 1. The van der Waals surface area contributed by atoms with Gasteiger partial charge in [-0.3, -0.25) is 5.32 Å². The molecule has 1 N–H and O–H groups in total. The normalized spacial score (nSPS) is 17.4. The summed E-state index contributed by atoms with van der Waals surface area (Å²) in [5, 5.41) is 2.44. The second kappa shape index (κ2) is 6.21. The van der Waals surface area contributed by atoms with Gasteiger partial charge in [-0.05, 0) is 32.0 Å². The number of ether oxygens (including phenoxy) is 1. The van der Waals surface area contributed by atoms with E-state index in [4.69, 9.17) is 12.2 Å². The summed E-state index contributed by atoms with van der Waals surface area (Å²) in [7, 11) is 0. The molecule has 0 saturated carbocycles. The van der Waals surface area contributed by atoms with E-state index in [9.17, 15) is 18.0 Å². The zero-order valence-electron chi connectivity index (χ0n) is 9.92. The molecule has 1 aliphatic rings. The lowest BCUT2D eigenvalue weighted by Gasteiger charge is -2.34. The first-order chi connectivity index (χ1) is 8.34. The van der Waals surface area contributed by atoms with Gasteiger partial charge in [0.25, 0.3) is 0 Å². The summed E-state index contributed by atoms with van der Waals surface area (Å²) in [5.41, 5.74) is 0. The number of hydrogen-bond acceptors (Lipinski definition) is 3. The van der Waals surface area contributed by atoms with Gasteiger partial charge in [-0.1, -0.05) is 0 Å². The van der Waals surface area contributed by atoms with E-state index in [1.54, 1.807) is 11.8 Å². The van der Waals surface area contributed by atoms with Gasteiger partial charge in [0, 0.05) is 13.1 Å². The summed E-state index contributed by atoms with van der Waals surface area (Å²) in [6, 6.07) is 0. The smallest absolute Gasteiger partial charge is 0.413 e. The van der Waals surface area contributed by atoms with Crippen LogP contribution < -0.4 is 5.32 Å². The van der Waals surface area contributed by atoms with Crippen LogP contribution >= 0.6 is 12.2 Å². The van der Waals surface area contributed by atoms with Crippen LogP contribution in [0.15, 0.2) is 0 Å². The molecule has 0 aromatic rings. The average Bonchev–Trinajstić information content (AvgIpc) is 2.28. The molecule has 4 nitrogen and oxygen atoms in total. The summed E-state index contributed by atoms with van der Waals surface area (Å²) in [5.74, 6) is -1.28. The number of nitrogens with zero attached hydrogens (tertiary/aromatic N) is 1. The first-order valence-electron chi connectivity index (χ1n) is 5.64.